The highest BCUT2D eigenvalue weighted by molar-refractivity contribution is 9.10. The predicted molar refractivity (Wildman–Crippen MR) is 112 cm³/mol. The van der Waals surface area contributed by atoms with Crippen molar-refractivity contribution in [2.75, 3.05) is 17.8 Å². The summed E-state index contributed by atoms with van der Waals surface area (Å²) in [4.78, 5) is 28.4. The van der Waals surface area contributed by atoms with Gasteiger partial charge < -0.3 is 4.55 Å². The van der Waals surface area contributed by atoms with Crippen molar-refractivity contribution < 1.29 is 27.3 Å². The van der Waals surface area contributed by atoms with E-state index < -0.39 is 40.7 Å². The van der Waals surface area contributed by atoms with Gasteiger partial charge in [-0.05, 0) is 40.5 Å². The smallest absolute Gasteiger partial charge is 0.219 e. The van der Waals surface area contributed by atoms with Gasteiger partial charge in [-0.2, -0.15) is 4.72 Å². The average molecular weight is 515 g/mol. The Labute approximate surface area is 185 Å². The van der Waals surface area contributed by atoms with Crippen LogP contribution in [0.4, 0.5) is 18.9 Å². The molecule has 1 fully saturated rings. The van der Waals surface area contributed by atoms with E-state index in [2.05, 4.69) is 25.6 Å². The minimum absolute atomic E-state index is 0.0821. The third-order valence-corrected chi connectivity index (χ3v) is 6.47. The molecule has 1 aromatic carbocycles. The van der Waals surface area contributed by atoms with Crippen molar-refractivity contribution in [1.82, 2.24) is 13.9 Å². The first-order valence-corrected chi connectivity index (χ1v) is 10.9. The molecule has 0 amide bonds. The van der Waals surface area contributed by atoms with Crippen LogP contribution in [-0.2, 0) is 16.3 Å². The molecule has 4 rings (SSSR count). The van der Waals surface area contributed by atoms with Gasteiger partial charge in [-0.1, -0.05) is 0 Å². The normalized spacial score (nSPS) is 17.8. The maximum Gasteiger partial charge on any atom is 0.219 e. The summed E-state index contributed by atoms with van der Waals surface area (Å²) in [6.45, 7) is 0.129. The van der Waals surface area contributed by atoms with E-state index in [1.54, 1.807) is 0 Å². The van der Waals surface area contributed by atoms with E-state index in [4.69, 9.17) is 0 Å². The lowest BCUT2D eigenvalue weighted by atomic mass is 10.0. The van der Waals surface area contributed by atoms with E-state index in [0.29, 0.717) is 10.9 Å². The minimum atomic E-state index is -1.97. The van der Waals surface area contributed by atoms with Crippen LogP contribution in [0.1, 0.15) is 22.3 Å². The van der Waals surface area contributed by atoms with Gasteiger partial charge in [0.15, 0.2) is 17.4 Å². The van der Waals surface area contributed by atoms with Gasteiger partial charge in [0.05, 0.1) is 17.7 Å². The Morgan fingerprint density at radius 2 is 2.16 bits per heavy atom. The van der Waals surface area contributed by atoms with Crippen molar-refractivity contribution in [1.29, 1.82) is 0 Å². The fourth-order valence-electron chi connectivity index (χ4n) is 3.34. The van der Waals surface area contributed by atoms with Gasteiger partial charge >= 0.3 is 0 Å². The van der Waals surface area contributed by atoms with Crippen LogP contribution in [0.5, 0.6) is 0 Å². The zero-order valence-corrected chi connectivity index (χ0v) is 18.1. The summed E-state index contributed by atoms with van der Waals surface area (Å²) in [5, 5.41) is 0.221. The van der Waals surface area contributed by atoms with Crippen LogP contribution in [0.15, 0.2) is 35.1 Å². The third kappa shape index (κ3) is 4.07. The Morgan fingerprint density at radius 1 is 1.39 bits per heavy atom. The van der Waals surface area contributed by atoms with E-state index in [1.807, 2.05) is 0 Å². The molecule has 0 spiro atoms. The molecule has 0 saturated carbocycles. The molecular formula is C19H14BrF3N4O3S. The summed E-state index contributed by atoms with van der Waals surface area (Å²) in [5.41, 5.74) is -1.24. The second kappa shape index (κ2) is 8.61. The van der Waals surface area contributed by atoms with Crippen molar-refractivity contribution in [3.8, 4) is 0 Å². The molecule has 2 unspecified atom stereocenters. The SMILES string of the molecule is O=Cn1cc(C(=O)c2c(F)ccc(N[S+]([O-])N3CCC(F)C3)c2F)c2cc(Br)cnc21. The lowest BCUT2D eigenvalue weighted by molar-refractivity contribution is 0.103. The van der Waals surface area contributed by atoms with Crippen molar-refractivity contribution >= 4 is 56.4 Å². The quantitative estimate of drug-likeness (QED) is 0.308. The standard InChI is InChI=1S/C19H14BrF3N4O3S/c20-10-5-12-13(8-26(9-28)19(12)24-6-10)18(29)16-14(22)1-2-15(17(16)23)25-31(30)27-4-3-11(21)7-27/h1-2,5-6,8-9,11,25H,3-4,7H2. The highest BCUT2D eigenvalue weighted by Gasteiger charge is 2.33. The topological polar surface area (TPSA) is 90.3 Å². The van der Waals surface area contributed by atoms with Crippen molar-refractivity contribution in [3.63, 3.8) is 0 Å². The lowest BCUT2D eigenvalue weighted by Crippen LogP contribution is -2.34. The number of rotatable bonds is 6. The fourth-order valence-corrected chi connectivity index (χ4v) is 4.71. The highest BCUT2D eigenvalue weighted by atomic mass is 79.9. The number of anilines is 1. The third-order valence-electron chi connectivity index (χ3n) is 4.84. The summed E-state index contributed by atoms with van der Waals surface area (Å²) in [7, 11) is 0. The molecule has 2 aromatic heterocycles. The van der Waals surface area contributed by atoms with Gasteiger partial charge in [0.25, 0.3) is 0 Å². The van der Waals surface area contributed by atoms with Gasteiger partial charge in [-0.15, -0.1) is 4.31 Å². The maximum absolute atomic E-state index is 15.1. The van der Waals surface area contributed by atoms with E-state index in [0.717, 1.165) is 22.9 Å². The van der Waals surface area contributed by atoms with Crippen LogP contribution in [0.2, 0.25) is 0 Å². The second-order valence-electron chi connectivity index (χ2n) is 6.82. The summed E-state index contributed by atoms with van der Waals surface area (Å²) >= 11 is 1.24. The molecule has 31 heavy (non-hydrogen) atoms. The van der Waals surface area contributed by atoms with E-state index in [9.17, 15) is 22.9 Å². The Bertz CT molecular complexity index is 1190. The first kappa shape index (κ1) is 21.8. The number of carbonyl (C=O) groups excluding carboxylic acids is 2. The predicted octanol–water partition coefficient (Wildman–Crippen LogP) is 3.38. The molecule has 7 nitrogen and oxygen atoms in total. The van der Waals surface area contributed by atoms with Gasteiger partial charge in [0, 0.05) is 28.8 Å². The van der Waals surface area contributed by atoms with Crippen LogP contribution in [0.25, 0.3) is 11.0 Å². The highest BCUT2D eigenvalue weighted by Crippen LogP contribution is 2.30. The Hall–Kier alpha value is -2.41. The van der Waals surface area contributed by atoms with Gasteiger partial charge in [-0.3, -0.25) is 14.2 Å². The summed E-state index contributed by atoms with van der Waals surface area (Å²) in [6.07, 6.45) is 2.04. The molecule has 0 radical (unpaired) electrons. The van der Waals surface area contributed by atoms with Gasteiger partial charge in [0.2, 0.25) is 12.2 Å². The molecule has 0 aliphatic carbocycles. The first-order valence-electron chi connectivity index (χ1n) is 9.01. The fraction of sp³-hybridized carbons (Fsp3) is 0.211. The van der Waals surface area contributed by atoms with Crippen LogP contribution in [0, 0.1) is 11.6 Å². The number of halogens is 4. The molecule has 1 saturated heterocycles. The molecule has 1 aliphatic heterocycles. The molecule has 2 atom stereocenters. The van der Waals surface area contributed by atoms with Crippen LogP contribution < -0.4 is 4.72 Å². The number of benzene rings is 1. The molecule has 0 bridgehead atoms. The molecule has 3 heterocycles. The van der Waals surface area contributed by atoms with Crippen molar-refractivity contribution in [2.45, 2.75) is 12.6 Å². The Morgan fingerprint density at radius 3 is 2.84 bits per heavy atom. The summed E-state index contributed by atoms with van der Waals surface area (Å²) < 4.78 is 60.5. The number of carbonyl (C=O) groups is 2. The van der Waals surface area contributed by atoms with Crippen LogP contribution in [0.3, 0.4) is 0 Å². The number of alkyl halides is 1. The minimum Gasteiger partial charge on any atom is -0.573 e. The number of ketones is 1. The first-order chi connectivity index (χ1) is 14.8. The van der Waals surface area contributed by atoms with E-state index in [1.165, 1.54) is 16.6 Å². The second-order valence-corrected chi connectivity index (χ2v) is 8.95. The molecule has 3 aromatic rings. The molecule has 1 N–H and O–H groups in total. The molecule has 12 heteroatoms. The summed E-state index contributed by atoms with van der Waals surface area (Å²) in [6, 6.07) is 3.38. The number of nitrogens with one attached hydrogen (secondary N) is 1. The number of pyridine rings is 1. The van der Waals surface area contributed by atoms with Gasteiger partial charge in [0.1, 0.15) is 23.3 Å². The number of fused-ring (bicyclic) bond motifs is 1. The number of aromatic nitrogens is 2. The van der Waals surface area contributed by atoms with E-state index in [-0.39, 0.29) is 41.8 Å². The van der Waals surface area contributed by atoms with Crippen LogP contribution >= 0.6 is 15.9 Å². The monoisotopic (exact) mass is 514 g/mol. The zero-order chi connectivity index (χ0) is 22.3. The van der Waals surface area contributed by atoms with Crippen molar-refractivity contribution in [2.24, 2.45) is 0 Å². The number of nitrogens with zero attached hydrogens (tertiary/aromatic N) is 3. The molecular weight excluding hydrogens is 501 g/mol. The van der Waals surface area contributed by atoms with E-state index >= 15 is 4.39 Å². The number of hydrogen-bond acceptors (Lipinski definition) is 6. The Balaban J connectivity index is 1.72. The molecule has 162 valence electrons. The zero-order valence-electron chi connectivity index (χ0n) is 15.6. The summed E-state index contributed by atoms with van der Waals surface area (Å²) in [5.74, 6) is -3.39. The molecule has 1 aliphatic rings. The largest absolute Gasteiger partial charge is 0.573 e. The van der Waals surface area contributed by atoms with Crippen molar-refractivity contribution in [3.05, 3.63) is 57.8 Å². The van der Waals surface area contributed by atoms with Crippen LogP contribution in [-0.4, -0.2) is 49.9 Å². The number of hydrogen-bond donors (Lipinski definition) is 1. The lowest BCUT2D eigenvalue weighted by Gasteiger charge is -2.19. The maximum atomic E-state index is 15.1. The van der Waals surface area contributed by atoms with Gasteiger partial charge in [-0.25, -0.2) is 18.2 Å². The average Bonchev–Trinajstić information content (AvgIpc) is 3.33. The Kier molecular flexibility index (Phi) is 6.06.